The zero-order valence-electron chi connectivity index (χ0n) is 35.7. The molecule has 0 rings (SSSR count). The second-order valence-electron chi connectivity index (χ2n) is 14.1. The lowest BCUT2D eigenvalue weighted by Crippen LogP contribution is -2.50. The zero-order valence-corrected chi connectivity index (χ0v) is 37.4. The van der Waals surface area contributed by atoms with E-state index in [0.29, 0.717) is 52.5 Å². The predicted octanol–water partition coefficient (Wildman–Crippen LogP) is 3.07. The second-order valence-corrected chi connectivity index (χ2v) is 19.6. The van der Waals surface area contributed by atoms with E-state index in [4.69, 9.17) is 52.2 Å². The van der Waals surface area contributed by atoms with Crippen LogP contribution in [0.2, 0.25) is 0 Å². The fourth-order valence-corrected chi connectivity index (χ4v) is 8.77. The Morgan fingerprint density at radius 2 is 0.915 bits per heavy atom. The van der Waals surface area contributed by atoms with Crippen LogP contribution in [-0.2, 0) is 56.7 Å². The molecule has 0 aromatic carbocycles. The Bertz CT molecular complexity index is 1250. The first kappa shape index (κ1) is 55.9. The van der Waals surface area contributed by atoms with Crippen molar-refractivity contribution in [1.82, 2.24) is 21.3 Å². The van der Waals surface area contributed by atoms with Crippen LogP contribution in [-0.4, -0.2) is 146 Å². The molecule has 0 aliphatic heterocycles. The molecule has 4 amide bonds. The van der Waals surface area contributed by atoms with Crippen molar-refractivity contribution in [1.29, 1.82) is 0 Å². The van der Waals surface area contributed by atoms with Crippen molar-refractivity contribution in [3.05, 3.63) is 0 Å². The molecule has 1 atom stereocenters. The molecule has 0 bridgehead atoms. The van der Waals surface area contributed by atoms with E-state index in [-0.39, 0.29) is 134 Å². The second kappa shape index (κ2) is 35.6. The highest BCUT2D eigenvalue weighted by molar-refractivity contribution is 8.56. The Morgan fingerprint density at radius 1 is 0.542 bits per heavy atom. The number of terminal acetylenes is 3. The van der Waals surface area contributed by atoms with E-state index in [1.165, 1.54) is 11.4 Å². The molecule has 336 valence electrons. The molecule has 0 spiro atoms. The van der Waals surface area contributed by atoms with Crippen LogP contribution in [0.5, 0.6) is 0 Å². The molecule has 0 aliphatic carbocycles. The molecule has 1 unspecified atom stereocenters. The van der Waals surface area contributed by atoms with Crippen LogP contribution < -0.4 is 21.3 Å². The quantitative estimate of drug-likeness (QED) is 0.0402. The Labute approximate surface area is 356 Å². The molecule has 0 aliphatic rings. The molecule has 0 aromatic rings. The smallest absolute Gasteiger partial charge is 0.262 e. The number of carbonyl (C=O) groups excluding carboxylic acids is 4. The maximum Gasteiger partial charge on any atom is 0.262 e. The summed E-state index contributed by atoms with van der Waals surface area (Å²) in [6.07, 6.45) is 18.8. The topological polar surface area (TPSA) is 198 Å². The number of amides is 4. The lowest BCUT2D eigenvalue weighted by atomic mass is 9.83. The number of hydrogen-bond acceptors (Lipinski definition) is 13. The third-order valence-electron chi connectivity index (χ3n) is 8.40. The van der Waals surface area contributed by atoms with E-state index < -0.39 is 17.3 Å². The van der Waals surface area contributed by atoms with Crippen LogP contribution in [0.4, 0.5) is 0 Å². The first-order valence-electron chi connectivity index (χ1n) is 20.0. The lowest BCUT2D eigenvalue weighted by molar-refractivity contribution is -0.127. The van der Waals surface area contributed by atoms with Crippen molar-refractivity contribution in [3.8, 4) is 37.0 Å². The lowest BCUT2D eigenvalue weighted by Gasteiger charge is -2.35. The van der Waals surface area contributed by atoms with Gasteiger partial charge < -0.3 is 54.2 Å². The van der Waals surface area contributed by atoms with Gasteiger partial charge in [0.2, 0.25) is 23.6 Å². The summed E-state index contributed by atoms with van der Waals surface area (Å²) in [6, 6.07) is 0. The number of rotatable bonds is 38. The fourth-order valence-electron chi connectivity index (χ4n) is 5.18. The average molecular weight is 873 g/mol. The van der Waals surface area contributed by atoms with Gasteiger partial charge in [0.1, 0.15) is 19.8 Å². The summed E-state index contributed by atoms with van der Waals surface area (Å²) >= 11 is 1.21. The minimum atomic E-state index is -2.95. The normalized spacial score (nSPS) is 12.4. The van der Waals surface area contributed by atoms with E-state index in [9.17, 15) is 23.7 Å². The maximum absolute atomic E-state index is 13.6. The van der Waals surface area contributed by atoms with Crippen LogP contribution in [0.3, 0.4) is 0 Å². The molecule has 18 heteroatoms. The number of carbonyl (C=O) groups is 4. The Morgan fingerprint density at radius 3 is 1.25 bits per heavy atom. The summed E-state index contributed by atoms with van der Waals surface area (Å²) in [5, 5.41) is 11.0. The van der Waals surface area contributed by atoms with E-state index in [0.717, 1.165) is 0 Å². The standard InChI is InChI=1S/C41H69N4O12PS/c1-8-23-51-30-33-54-27-20-42-36(46)14-17-41(18-15-37(47)43-21-28-55-34-31-52-24-9-2,19-16-38(48)44-22-29-56-35-32-53-25-10-3)45-39(49)13-11-12-26-57-58(50,59-7)40(4,5)6/h1-3H,11-35H2,4-7H3,(H,42,46)(H,43,47)(H,44,48)(H,45,49). The highest BCUT2D eigenvalue weighted by Gasteiger charge is 2.37. The number of unbranched alkanes of at least 4 members (excludes halogenated alkanes) is 1. The summed E-state index contributed by atoms with van der Waals surface area (Å²) in [5.74, 6) is 5.95. The van der Waals surface area contributed by atoms with E-state index in [1.807, 2.05) is 20.8 Å². The van der Waals surface area contributed by atoms with Crippen molar-refractivity contribution >= 4 is 41.6 Å². The first-order chi connectivity index (χ1) is 28.3. The van der Waals surface area contributed by atoms with Crippen LogP contribution in [0.15, 0.2) is 0 Å². The Kier molecular flexibility index (Phi) is 33.7. The number of nitrogens with one attached hydrogen (secondary N) is 4. The summed E-state index contributed by atoms with van der Waals surface area (Å²) in [6.45, 7) is 6.86. The van der Waals surface area contributed by atoms with Gasteiger partial charge in [-0.25, -0.2) is 0 Å². The van der Waals surface area contributed by atoms with Crippen molar-refractivity contribution in [2.75, 3.05) is 112 Å². The highest BCUT2D eigenvalue weighted by Crippen LogP contribution is 2.67. The number of ether oxygens (including phenoxy) is 6. The molecule has 59 heavy (non-hydrogen) atoms. The summed E-state index contributed by atoms with van der Waals surface area (Å²) < 4.78 is 51.0. The van der Waals surface area contributed by atoms with Gasteiger partial charge in [-0.1, -0.05) is 49.9 Å². The third-order valence-corrected chi connectivity index (χ3v) is 14.4. The molecule has 16 nitrogen and oxygen atoms in total. The van der Waals surface area contributed by atoms with Gasteiger partial charge in [-0.2, -0.15) is 0 Å². The van der Waals surface area contributed by atoms with Gasteiger partial charge in [-0.05, 0) is 38.4 Å². The largest absolute Gasteiger partial charge is 0.377 e. The van der Waals surface area contributed by atoms with Crippen molar-refractivity contribution in [2.45, 2.75) is 89.3 Å². The molecule has 0 saturated heterocycles. The zero-order chi connectivity index (χ0) is 44.1. The number of hydrogen-bond donors (Lipinski definition) is 4. The van der Waals surface area contributed by atoms with Crippen LogP contribution in [0.25, 0.3) is 0 Å². The third kappa shape index (κ3) is 30.5. The monoisotopic (exact) mass is 872 g/mol. The van der Waals surface area contributed by atoms with Gasteiger partial charge in [-0.3, -0.25) is 23.7 Å². The molecule has 0 aromatic heterocycles. The highest BCUT2D eigenvalue weighted by atomic mass is 32.7. The van der Waals surface area contributed by atoms with Crippen LogP contribution in [0, 0.1) is 37.0 Å². The summed E-state index contributed by atoms with van der Waals surface area (Å²) in [4.78, 5) is 52.6. The maximum atomic E-state index is 13.6. The molecule has 4 N–H and O–H groups in total. The van der Waals surface area contributed by atoms with Crippen LogP contribution in [0.1, 0.15) is 78.6 Å². The van der Waals surface area contributed by atoms with Crippen molar-refractivity contribution < 1.29 is 56.7 Å². The van der Waals surface area contributed by atoms with Gasteiger partial charge in [0.05, 0.1) is 66.1 Å². The Balaban J connectivity index is 5.72. The van der Waals surface area contributed by atoms with E-state index in [2.05, 4.69) is 39.0 Å². The fraction of sp³-hybridized carbons (Fsp3) is 0.756. The van der Waals surface area contributed by atoms with Gasteiger partial charge in [0.25, 0.3) is 6.57 Å². The van der Waals surface area contributed by atoms with Gasteiger partial charge >= 0.3 is 0 Å². The summed E-state index contributed by atoms with van der Waals surface area (Å²) in [7, 11) is 0. The minimum Gasteiger partial charge on any atom is -0.377 e. The molecular formula is C41H69N4O12PS. The first-order valence-corrected chi connectivity index (χ1v) is 23.4. The van der Waals surface area contributed by atoms with Crippen molar-refractivity contribution in [2.24, 2.45) is 0 Å². The van der Waals surface area contributed by atoms with Gasteiger partial charge in [0, 0.05) is 56.0 Å². The SMILES string of the molecule is C#CCOCCOCCNC(=O)CCC(CCC(=O)NCCOCCOCC#C)(CCC(=O)NCCOCCOCC#C)NC(=O)CCCCOP(=O)(SC)C(C)(C)C. The summed E-state index contributed by atoms with van der Waals surface area (Å²) in [5.41, 5.74) is -1.10. The molecular weight excluding hydrogens is 804 g/mol. The van der Waals surface area contributed by atoms with E-state index >= 15 is 0 Å². The van der Waals surface area contributed by atoms with E-state index in [1.54, 1.807) is 6.26 Å². The average Bonchev–Trinajstić information content (AvgIpc) is 3.20. The molecule has 0 heterocycles. The van der Waals surface area contributed by atoms with Gasteiger partial charge in [0.15, 0.2) is 0 Å². The predicted molar refractivity (Wildman–Crippen MR) is 230 cm³/mol. The Hall–Kier alpha value is -3.14. The van der Waals surface area contributed by atoms with Gasteiger partial charge in [-0.15, -0.1) is 19.3 Å². The van der Waals surface area contributed by atoms with Crippen LogP contribution >= 0.6 is 18.0 Å². The molecule has 0 fully saturated rings. The van der Waals surface area contributed by atoms with Crippen molar-refractivity contribution in [3.63, 3.8) is 0 Å². The molecule has 0 saturated carbocycles. The molecule has 0 radical (unpaired) electrons. The minimum absolute atomic E-state index is 0.00455.